The molecule has 3 saturated heterocycles. The molecule has 6 aliphatic heterocycles. The predicted octanol–water partition coefficient (Wildman–Crippen LogP) is 6.17. The van der Waals surface area contributed by atoms with E-state index in [0.717, 1.165) is 38.9 Å². The summed E-state index contributed by atoms with van der Waals surface area (Å²) in [6, 6.07) is 19.5. The highest BCUT2D eigenvalue weighted by molar-refractivity contribution is 5.85. The van der Waals surface area contributed by atoms with Gasteiger partial charge in [0.1, 0.15) is 0 Å². The van der Waals surface area contributed by atoms with E-state index in [1.165, 1.54) is 52.8 Å². The van der Waals surface area contributed by atoms with E-state index >= 15 is 0 Å². The number of rotatable bonds is 2. The minimum Gasteiger partial charge on any atom is -0.388 e. The molecule has 3 aromatic rings. The zero-order valence-corrected chi connectivity index (χ0v) is 25.5. The van der Waals surface area contributed by atoms with Crippen molar-refractivity contribution in [2.24, 2.45) is 23.7 Å². The molecule has 10 rings (SSSR count). The number of benzene rings is 2. The van der Waals surface area contributed by atoms with Crippen LogP contribution in [0.4, 0.5) is 5.69 Å². The highest BCUT2D eigenvalue weighted by Gasteiger charge is 2.69. The number of para-hydroxylation sites is 2. The first-order valence-corrected chi connectivity index (χ1v) is 17.1. The first-order valence-electron chi connectivity index (χ1n) is 17.1. The van der Waals surface area contributed by atoms with E-state index in [1.54, 1.807) is 11.1 Å². The molecule has 222 valence electrons. The molecule has 0 amide bonds. The third-order valence-electron chi connectivity index (χ3n) is 13.6. The van der Waals surface area contributed by atoms with Crippen molar-refractivity contribution in [3.05, 3.63) is 88.8 Å². The molecular weight excluding hydrogens is 528 g/mol. The Morgan fingerprint density at radius 3 is 2.77 bits per heavy atom. The molecule has 1 aromatic heterocycles. The molecule has 2 bridgehead atoms. The number of anilines is 1. The van der Waals surface area contributed by atoms with Crippen LogP contribution in [0.1, 0.15) is 62.4 Å². The van der Waals surface area contributed by atoms with E-state index < -0.39 is 0 Å². The van der Waals surface area contributed by atoms with Crippen molar-refractivity contribution in [2.75, 3.05) is 31.1 Å². The molecule has 7 heterocycles. The number of hydrogen-bond donors (Lipinski definition) is 2. The summed E-state index contributed by atoms with van der Waals surface area (Å²) in [4.78, 5) is 12.1. The van der Waals surface area contributed by atoms with Gasteiger partial charge in [-0.1, -0.05) is 61.4 Å². The fourth-order valence-electron chi connectivity index (χ4n) is 11.9. The van der Waals surface area contributed by atoms with E-state index in [-0.39, 0.29) is 17.4 Å². The maximum atomic E-state index is 12.8. The summed E-state index contributed by atoms with van der Waals surface area (Å²) < 4.78 is 0. The average molecular weight is 573 g/mol. The molecule has 0 radical (unpaired) electrons. The SMILES string of the molecule is CC=C1CN2CCC34c5ccccc5N5C=C(C6CC7c8[nH]c9ccccc9c8CCN7CC6CC)C(O)C(C1CC23)C54. The highest BCUT2D eigenvalue weighted by atomic mass is 16.3. The largest absolute Gasteiger partial charge is 0.388 e. The third kappa shape index (κ3) is 3.09. The van der Waals surface area contributed by atoms with Crippen molar-refractivity contribution >= 4 is 16.6 Å². The number of H-pyrrole nitrogens is 1. The fourth-order valence-corrected chi connectivity index (χ4v) is 11.9. The van der Waals surface area contributed by atoms with Crippen LogP contribution in [0.15, 0.2) is 72.0 Å². The van der Waals surface area contributed by atoms with Crippen molar-refractivity contribution in [2.45, 2.75) is 75.6 Å². The molecule has 9 unspecified atom stereocenters. The van der Waals surface area contributed by atoms with E-state index in [9.17, 15) is 5.11 Å². The van der Waals surface area contributed by atoms with Gasteiger partial charge in [0.05, 0.1) is 18.2 Å². The van der Waals surface area contributed by atoms with Crippen molar-refractivity contribution in [1.29, 1.82) is 0 Å². The Bertz CT molecular complexity index is 1700. The normalized spacial score (nSPS) is 40.3. The van der Waals surface area contributed by atoms with Crippen LogP contribution in [0.5, 0.6) is 0 Å². The maximum absolute atomic E-state index is 12.8. The zero-order chi connectivity index (χ0) is 28.6. The molecule has 2 aromatic carbocycles. The number of aliphatic hydroxyl groups is 1. The quantitative estimate of drug-likeness (QED) is 0.361. The summed E-state index contributed by atoms with van der Waals surface area (Å²) in [5.41, 5.74) is 10.3. The first kappa shape index (κ1) is 25.5. The number of nitrogens with zero attached hydrogens (tertiary/aromatic N) is 3. The molecule has 7 aliphatic rings. The van der Waals surface area contributed by atoms with Crippen LogP contribution in [-0.4, -0.2) is 64.3 Å². The van der Waals surface area contributed by atoms with Gasteiger partial charge in [0.25, 0.3) is 0 Å². The summed E-state index contributed by atoms with van der Waals surface area (Å²) in [5, 5.41) is 14.2. The number of aromatic amines is 1. The highest BCUT2D eigenvalue weighted by Crippen LogP contribution is 2.66. The number of nitrogens with one attached hydrogen (secondary N) is 1. The first-order chi connectivity index (χ1) is 21.1. The summed E-state index contributed by atoms with van der Waals surface area (Å²) in [7, 11) is 0. The Labute approximate surface area is 255 Å². The molecular formula is C38H44N4O. The Balaban J connectivity index is 1.12. The Morgan fingerprint density at radius 1 is 1.02 bits per heavy atom. The zero-order valence-electron chi connectivity index (χ0n) is 25.5. The standard InChI is InChI=1S/C38H44N4O/c1-3-22-19-40-15-13-25-24-9-5-7-11-30(24)39-35(25)32(40)17-26(22)28-21-42-31-12-8-6-10-29(31)38-14-16-41-20-23(4-2)27(18-33(38)41)34(36(28)43)37(38)42/h4-12,21-22,26-27,32-34,36-37,39,43H,3,13-20H2,1-2H3. The molecule has 4 fully saturated rings. The van der Waals surface area contributed by atoms with Crippen LogP contribution in [0.25, 0.3) is 10.9 Å². The van der Waals surface area contributed by atoms with Gasteiger partial charge in [-0.2, -0.15) is 0 Å². The Kier molecular flexibility index (Phi) is 5.25. The van der Waals surface area contributed by atoms with Crippen LogP contribution in [0.2, 0.25) is 0 Å². The summed E-state index contributed by atoms with van der Waals surface area (Å²) in [6.07, 6.45) is 10.3. The number of fused-ring (bicyclic) bond motifs is 9. The lowest BCUT2D eigenvalue weighted by Gasteiger charge is -2.60. The topological polar surface area (TPSA) is 45.7 Å². The minimum absolute atomic E-state index is 0.135. The maximum Gasteiger partial charge on any atom is 0.0824 e. The van der Waals surface area contributed by atoms with Crippen LogP contribution >= 0.6 is 0 Å². The molecule has 5 heteroatoms. The van der Waals surface area contributed by atoms with Gasteiger partial charge in [-0.25, -0.2) is 0 Å². The number of aliphatic hydroxyl groups excluding tert-OH is 1. The minimum atomic E-state index is -0.378. The Hall–Kier alpha value is -2.86. The summed E-state index contributed by atoms with van der Waals surface area (Å²) in [5.74, 6) is 1.67. The molecule has 43 heavy (non-hydrogen) atoms. The summed E-state index contributed by atoms with van der Waals surface area (Å²) >= 11 is 0. The van der Waals surface area contributed by atoms with Gasteiger partial charge in [0, 0.05) is 65.5 Å². The van der Waals surface area contributed by atoms with Gasteiger partial charge in [-0.3, -0.25) is 9.80 Å². The second-order valence-corrected chi connectivity index (χ2v) is 14.8. The molecule has 1 spiro atoms. The number of aromatic nitrogens is 1. The van der Waals surface area contributed by atoms with Crippen LogP contribution in [0, 0.1) is 23.7 Å². The third-order valence-corrected chi connectivity index (χ3v) is 13.6. The van der Waals surface area contributed by atoms with Gasteiger partial charge >= 0.3 is 0 Å². The van der Waals surface area contributed by atoms with Crippen molar-refractivity contribution in [1.82, 2.24) is 14.8 Å². The number of allylic oxidation sites excluding steroid dienone is 1. The smallest absolute Gasteiger partial charge is 0.0824 e. The molecule has 9 atom stereocenters. The van der Waals surface area contributed by atoms with Crippen LogP contribution in [0.3, 0.4) is 0 Å². The van der Waals surface area contributed by atoms with E-state index in [0.29, 0.717) is 35.9 Å². The second kappa shape index (κ2) is 8.87. The average Bonchev–Trinajstić information content (AvgIpc) is 3.72. The molecule has 5 nitrogen and oxygen atoms in total. The number of hydrogen-bond acceptors (Lipinski definition) is 4. The van der Waals surface area contributed by atoms with E-state index in [2.05, 4.69) is 94.3 Å². The van der Waals surface area contributed by atoms with Crippen LogP contribution < -0.4 is 4.90 Å². The lowest BCUT2D eigenvalue weighted by molar-refractivity contribution is -0.0223. The lowest BCUT2D eigenvalue weighted by Crippen LogP contribution is -2.67. The van der Waals surface area contributed by atoms with E-state index in [4.69, 9.17) is 0 Å². The van der Waals surface area contributed by atoms with Crippen molar-refractivity contribution in [3.8, 4) is 0 Å². The molecule has 1 saturated carbocycles. The molecule has 1 aliphatic carbocycles. The van der Waals surface area contributed by atoms with E-state index in [1.807, 2.05) is 0 Å². The van der Waals surface area contributed by atoms with Gasteiger partial charge in [0.2, 0.25) is 0 Å². The van der Waals surface area contributed by atoms with Crippen molar-refractivity contribution < 1.29 is 5.11 Å². The van der Waals surface area contributed by atoms with Gasteiger partial charge < -0.3 is 15.0 Å². The van der Waals surface area contributed by atoms with Gasteiger partial charge in [0.15, 0.2) is 0 Å². The monoisotopic (exact) mass is 572 g/mol. The molecule has 2 N–H and O–H groups in total. The van der Waals surface area contributed by atoms with Crippen molar-refractivity contribution in [3.63, 3.8) is 0 Å². The van der Waals surface area contributed by atoms with Gasteiger partial charge in [-0.15, -0.1) is 0 Å². The number of piperidine rings is 2. The summed E-state index contributed by atoms with van der Waals surface area (Å²) in [6.45, 7) is 9.15. The lowest BCUT2D eigenvalue weighted by atomic mass is 9.52. The van der Waals surface area contributed by atoms with Crippen LogP contribution in [-0.2, 0) is 11.8 Å². The second-order valence-electron chi connectivity index (χ2n) is 14.8. The Morgan fingerprint density at radius 2 is 1.88 bits per heavy atom. The van der Waals surface area contributed by atoms with Gasteiger partial charge in [-0.05, 0) is 85.7 Å². The predicted molar refractivity (Wildman–Crippen MR) is 172 cm³/mol. The fraction of sp³-hybridized carbons (Fsp3) is 0.526.